The maximum Gasteiger partial charge on any atom is 0.160 e. The number of aryl methyl sites for hydroxylation is 1. The molecule has 37 heavy (non-hydrogen) atoms. The topological polar surface area (TPSA) is 52.8 Å². The fourth-order valence-corrected chi connectivity index (χ4v) is 5.02. The number of pyridine rings is 2. The zero-order valence-corrected chi connectivity index (χ0v) is 23.0. The summed E-state index contributed by atoms with van der Waals surface area (Å²) in [5.74, 6) is 1.31. The maximum absolute atomic E-state index is 6.77. The Balaban J connectivity index is 1.71. The van der Waals surface area contributed by atoms with Crippen molar-refractivity contribution in [2.75, 3.05) is 0 Å². The Morgan fingerprint density at radius 2 is 1.73 bits per heavy atom. The van der Waals surface area contributed by atoms with Crippen LogP contribution in [0.1, 0.15) is 37.5 Å². The van der Waals surface area contributed by atoms with E-state index in [4.69, 9.17) is 32.9 Å². The number of imidazole rings is 1. The molecule has 3 heterocycles. The van der Waals surface area contributed by atoms with E-state index in [0.717, 1.165) is 43.9 Å². The van der Waals surface area contributed by atoms with Crippen molar-refractivity contribution in [2.45, 2.75) is 39.7 Å². The molecular formula is C30H28Cl2N4O. The lowest BCUT2D eigenvalue weighted by atomic mass is 9.85. The van der Waals surface area contributed by atoms with Crippen molar-refractivity contribution in [1.29, 1.82) is 0 Å². The van der Waals surface area contributed by atoms with E-state index in [1.54, 1.807) is 17.0 Å². The molecule has 0 aliphatic heterocycles. The third kappa shape index (κ3) is 4.94. The molecule has 188 valence electrons. The fraction of sp³-hybridized carbons (Fsp3) is 0.233. The Kier molecular flexibility index (Phi) is 6.69. The van der Waals surface area contributed by atoms with Crippen LogP contribution in [0, 0.1) is 6.92 Å². The van der Waals surface area contributed by atoms with Crippen molar-refractivity contribution >= 4 is 34.1 Å². The van der Waals surface area contributed by atoms with Gasteiger partial charge in [-0.1, -0.05) is 80.4 Å². The minimum absolute atomic E-state index is 0.0644. The van der Waals surface area contributed by atoms with E-state index < -0.39 is 0 Å². The number of hydrogen-bond donors (Lipinski definition) is 0. The maximum atomic E-state index is 6.77. The summed E-state index contributed by atoms with van der Waals surface area (Å²) in [6.45, 7) is 8.98. The molecule has 0 radical (unpaired) electrons. The predicted octanol–water partition coefficient (Wildman–Crippen LogP) is 8.19. The summed E-state index contributed by atoms with van der Waals surface area (Å²) in [4.78, 5) is 14.2. The average molecular weight is 531 g/mol. The minimum atomic E-state index is -0.0644. The molecule has 7 heteroatoms. The normalized spacial score (nSPS) is 11.8. The minimum Gasteiger partial charge on any atom is -0.488 e. The first-order chi connectivity index (χ1) is 17.6. The van der Waals surface area contributed by atoms with Crippen LogP contribution in [0.5, 0.6) is 5.75 Å². The molecule has 0 amide bonds. The van der Waals surface area contributed by atoms with Crippen LogP contribution in [0.3, 0.4) is 0 Å². The molecule has 0 aliphatic carbocycles. The van der Waals surface area contributed by atoms with Crippen molar-refractivity contribution in [2.24, 2.45) is 7.05 Å². The molecule has 0 N–H and O–H groups in total. The monoisotopic (exact) mass is 530 g/mol. The van der Waals surface area contributed by atoms with Gasteiger partial charge in [-0.2, -0.15) is 0 Å². The second kappa shape index (κ2) is 9.81. The van der Waals surface area contributed by atoms with E-state index in [-0.39, 0.29) is 5.41 Å². The standard InChI is InChI=1S/C30H28Cl2N4O/c1-18-13-21(30(2,3)4)22(31)14-20(18)24-15-25(37-17-19-9-7-6-8-10-19)27-23(35-24)11-12-33-28(27)29-34-16-26(32)36(29)5/h6-16H,17H2,1-5H3. The predicted molar refractivity (Wildman–Crippen MR) is 151 cm³/mol. The summed E-state index contributed by atoms with van der Waals surface area (Å²) < 4.78 is 8.24. The first kappa shape index (κ1) is 25.2. The van der Waals surface area contributed by atoms with Gasteiger partial charge in [0.25, 0.3) is 0 Å². The van der Waals surface area contributed by atoms with Gasteiger partial charge in [-0.3, -0.25) is 4.98 Å². The van der Waals surface area contributed by atoms with Crippen LogP contribution in [-0.4, -0.2) is 19.5 Å². The number of aromatic nitrogens is 4. The molecule has 0 atom stereocenters. The van der Waals surface area contributed by atoms with Crippen LogP contribution in [0.2, 0.25) is 10.2 Å². The Morgan fingerprint density at radius 3 is 2.41 bits per heavy atom. The SMILES string of the molecule is Cc1cc(C(C)(C)C)c(Cl)cc1-c1cc(OCc2ccccc2)c2c(-c3ncc(Cl)n3C)nccc2n1. The van der Waals surface area contributed by atoms with Crippen molar-refractivity contribution in [3.63, 3.8) is 0 Å². The summed E-state index contributed by atoms with van der Waals surface area (Å²) in [6.07, 6.45) is 3.35. The molecule has 0 spiro atoms. The molecule has 3 aromatic heterocycles. The number of rotatable bonds is 5. The number of nitrogens with zero attached hydrogens (tertiary/aromatic N) is 4. The van der Waals surface area contributed by atoms with Gasteiger partial charge >= 0.3 is 0 Å². The van der Waals surface area contributed by atoms with E-state index in [2.05, 4.69) is 43.7 Å². The van der Waals surface area contributed by atoms with Crippen molar-refractivity contribution < 1.29 is 4.74 Å². The van der Waals surface area contributed by atoms with E-state index >= 15 is 0 Å². The molecule has 0 saturated heterocycles. The number of benzene rings is 2. The lowest BCUT2D eigenvalue weighted by molar-refractivity contribution is 0.310. The lowest BCUT2D eigenvalue weighted by Crippen LogP contribution is -2.12. The van der Waals surface area contributed by atoms with Gasteiger partial charge in [-0.25, -0.2) is 9.97 Å². The summed E-state index contributed by atoms with van der Waals surface area (Å²) in [5.41, 5.74) is 6.36. The Hall–Kier alpha value is -3.41. The van der Waals surface area contributed by atoms with E-state index in [0.29, 0.717) is 29.0 Å². The fourth-order valence-electron chi connectivity index (χ4n) is 4.44. The number of fused-ring (bicyclic) bond motifs is 1. The van der Waals surface area contributed by atoms with E-state index in [9.17, 15) is 0 Å². The quantitative estimate of drug-likeness (QED) is 0.229. The molecule has 0 fully saturated rings. The van der Waals surface area contributed by atoms with E-state index in [1.807, 2.05) is 55.6 Å². The zero-order valence-electron chi connectivity index (χ0n) is 21.5. The molecule has 0 bridgehead atoms. The summed E-state index contributed by atoms with van der Waals surface area (Å²) in [5, 5.41) is 2.02. The summed E-state index contributed by atoms with van der Waals surface area (Å²) >= 11 is 13.1. The molecule has 0 aliphatic rings. The smallest absolute Gasteiger partial charge is 0.160 e. The molecular weight excluding hydrogens is 503 g/mol. The highest BCUT2D eigenvalue weighted by atomic mass is 35.5. The Labute approximate surface area is 227 Å². The molecule has 5 rings (SSSR count). The van der Waals surface area contributed by atoms with Gasteiger partial charge in [0.15, 0.2) is 5.82 Å². The number of hydrogen-bond acceptors (Lipinski definition) is 4. The van der Waals surface area contributed by atoms with E-state index in [1.165, 1.54) is 0 Å². The lowest BCUT2D eigenvalue weighted by Gasteiger charge is -2.22. The largest absolute Gasteiger partial charge is 0.488 e. The highest BCUT2D eigenvalue weighted by Crippen LogP contribution is 2.39. The third-order valence-electron chi connectivity index (χ3n) is 6.46. The van der Waals surface area contributed by atoms with Crippen LogP contribution in [0.25, 0.3) is 33.7 Å². The van der Waals surface area contributed by atoms with Crippen molar-refractivity contribution in [1.82, 2.24) is 19.5 Å². The van der Waals surface area contributed by atoms with Crippen LogP contribution < -0.4 is 4.74 Å². The molecule has 0 unspecified atom stereocenters. The van der Waals surface area contributed by atoms with Crippen molar-refractivity contribution in [3.8, 4) is 28.5 Å². The van der Waals surface area contributed by atoms with Gasteiger partial charge in [0, 0.05) is 29.9 Å². The molecule has 2 aromatic carbocycles. The van der Waals surface area contributed by atoms with Crippen LogP contribution in [0.15, 0.2) is 67.0 Å². The van der Waals surface area contributed by atoms with Gasteiger partial charge in [0.2, 0.25) is 0 Å². The summed E-state index contributed by atoms with van der Waals surface area (Å²) in [7, 11) is 1.86. The van der Waals surface area contributed by atoms with Crippen LogP contribution >= 0.6 is 23.2 Å². The summed E-state index contributed by atoms with van der Waals surface area (Å²) in [6, 6.07) is 18.1. The first-order valence-electron chi connectivity index (χ1n) is 12.1. The third-order valence-corrected chi connectivity index (χ3v) is 7.13. The van der Waals surface area contributed by atoms with Crippen LogP contribution in [0.4, 0.5) is 0 Å². The highest BCUT2D eigenvalue weighted by Gasteiger charge is 2.22. The average Bonchev–Trinajstić information content (AvgIpc) is 3.20. The van der Waals surface area contributed by atoms with Gasteiger partial charge < -0.3 is 9.30 Å². The van der Waals surface area contributed by atoms with Crippen molar-refractivity contribution in [3.05, 3.63) is 93.9 Å². The molecule has 5 nitrogen and oxygen atoms in total. The zero-order chi connectivity index (χ0) is 26.3. The molecule has 0 saturated carbocycles. The second-order valence-electron chi connectivity index (χ2n) is 10.2. The molecule has 5 aromatic rings. The Morgan fingerprint density at radius 1 is 0.973 bits per heavy atom. The number of halogens is 2. The second-order valence-corrected chi connectivity index (χ2v) is 11.0. The van der Waals surface area contributed by atoms with Gasteiger partial charge in [-0.15, -0.1) is 0 Å². The Bertz CT molecular complexity index is 1600. The van der Waals surface area contributed by atoms with Gasteiger partial charge in [0.05, 0.1) is 22.8 Å². The van der Waals surface area contributed by atoms with Crippen LogP contribution in [-0.2, 0) is 19.1 Å². The van der Waals surface area contributed by atoms with Gasteiger partial charge in [0.1, 0.15) is 23.2 Å². The first-order valence-corrected chi connectivity index (χ1v) is 12.8. The van der Waals surface area contributed by atoms with Gasteiger partial charge in [-0.05, 0) is 41.2 Å². The number of ether oxygens (including phenoxy) is 1. The highest BCUT2D eigenvalue weighted by molar-refractivity contribution is 6.32.